The van der Waals surface area contributed by atoms with Crippen LogP contribution in [0.1, 0.15) is 59.9 Å². The van der Waals surface area contributed by atoms with Crippen molar-refractivity contribution in [2.75, 3.05) is 24.5 Å². The van der Waals surface area contributed by atoms with Crippen LogP contribution in [0.15, 0.2) is 120 Å². The Hall–Kier alpha value is -4.78. The molecule has 0 atom stereocenters. The first-order chi connectivity index (χ1) is 27.6. The van der Waals surface area contributed by atoms with Gasteiger partial charge in [-0.25, -0.2) is 13.8 Å². The first-order valence-corrected chi connectivity index (χ1v) is 20.9. The molecule has 0 radical (unpaired) electrons. The molecule has 5 aromatic rings. The number of alkyl halides is 3. The number of benzene rings is 4. The molecule has 0 aliphatic carbocycles. The maximum atomic E-state index is 14.8. The largest absolute Gasteiger partial charge is 0.416 e. The topological polar surface area (TPSA) is 39.7 Å². The van der Waals surface area contributed by atoms with Crippen LogP contribution in [0.5, 0.6) is 0 Å². The van der Waals surface area contributed by atoms with Crippen LogP contribution in [0.25, 0.3) is 16.7 Å². The number of amides is 1. The fourth-order valence-corrected chi connectivity index (χ4v) is 9.05. The Morgan fingerprint density at radius 3 is 2.35 bits per heavy atom. The molecule has 1 amide bonds. The summed E-state index contributed by atoms with van der Waals surface area (Å²) in [4.78, 5) is 25.6. The molecule has 12 heteroatoms. The molecule has 1 fully saturated rings. The second-order valence-electron chi connectivity index (χ2n) is 14.3. The molecule has 2 aliphatic rings. The van der Waals surface area contributed by atoms with Crippen LogP contribution in [0.4, 0.5) is 27.6 Å². The van der Waals surface area contributed by atoms with Crippen molar-refractivity contribution >= 4 is 40.3 Å². The Morgan fingerprint density at radius 2 is 1.67 bits per heavy atom. The average Bonchev–Trinajstić information content (AvgIpc) is 3.74. The third kappa shape index (κ3) is 9.85. The van der Waals surface area contributed by atoms with E-state index in [1.165, 1.54) is 30.0 Å². The Balaban J connectivity index is 1.16. The van der Waals surface area contributed by atoms with E-state index in [1.807, 2.05) is 69.9 Å². The van der Waals surface area contributed by atoms with Gasteiger partial charge in [0.1, 0.15) is 11.6 Å². The Kier molecular flexibility index (Phi) is 12.9. The summed E-state index contributed by atoms with van der Waals surface area (Å²) in [7, 11) is 0. The van der Waals surface area contributed by atoms with Gasteiger partial charge in [0.25, 0.3) is 0 Å². The number of carbonyl (C=O) groups excluding carboxylic acids is 1. The number of hydrogen-bond donors (Lipinski definition) is 0. The predicted octanol–water partition coefficient (Wildman–Crippen LogP) is 11.6. The van der Waals surface area contributed by atoms with Gasteiger partial charge in [0.2, 0.25) is 5.91 Å². The van der Waals surface area contributed by atoms with Gasteiger partial charge < -0.3 is 9.80 Å². The highest BCUT2D eigenvalue weighted by molar-refractivity contribution is 8.02. The van der Waals surface area contributed by atoms with Crippen LogP contribution < -0.4 is 4.90 Å². The summed E-state index contributed by atoms with van der Waals surface area (Å²) >= 11 is 3.00. The Labute approximate surface area is 338 Å². The number of hydrogen-bond acceptors (Lipinski definition) is 6. The fourth-order valence-electron chi connectivity index (χ4n) is 7.33. The first kappa shape index (κ1) is 40.4. The molecular formula is C45H43F5N4OS2. The van der Waals surface area contributed by atoms with Crippen LogP contribution in [0.2, 0.25) is 0 Å². The molecule has 0 spiro atoms. The number of nitrogens with zero attached hydrogens (tertiary/aromatic N) is 4. The summed E-state index contributed by atoms with van der Waals surface area (Å²) in [6.45, 7) is 4.87. The van der Waals surface area contributed by atoms with E-state index in [2.05, 4.69) is 29.0 Å². The number of thioether (sulfide) groups is 1. The third-order valence-electron chi connectivity index (χ3n) is 10.4. The molecule has 5 nitrogen and oxygen atoms in total. The van der Waals surface area contributed by atoms with Crippen molar-refractivity contribution in [1.82, 2.24) is 14.8 Å². The number of carbonyl (C=O) groups is 1. The van der Waals surface area contributed by atoms with Crippen LogP contribution in [-0.4, -0.2) is 46.4 Å². The van der Waals surface area contributed by atoms with Gasteiger partial charge in [0.05, 0.1) is 17.1 Å². The highest BCUT2D eigenvalue weighted by Gasteiger charge is 2.33. The summed E-state index contributed by atoms with van der Waals surface area (Å²) in [6, 6.07) is 24.9. The number of unbranched alkanes of at least 4 members (excludes halogenated alkanes) is 1. The van der Waals surface area contributed by atoms with Crippen LogP contribution >= 0.6 is 23.1 Å². The summed E-state index contributed by atoms with van der Waals surface area (Å²) < 4.78 is 68.6. The lowest BCUT2D eigenvalue weighted by Crippen LogP contribution is -2.49. The minimum atomic E-state index is -4.41. The van der Waals surface area contributed by atoms with Gasteiger partial charge >= 0.3 is 6.18 Å². The van der Waals surface area contributed by atoms with Gasteiger partial charge in [-0.1, -0.05) is 86.2 Å². The number of anilines is 1. The fraction of sp³-hybridized carbons (Fsp3) is 0.289. The number of fused-ring (bicyclic) bond motifs is 1. The van der Waals surface area contributed by atoms with Gasteiger partial charge in [-0.3, -0.25) is 9.69 Å². The van der Waals surface area contributed by atoms with E-state index < -0.39 is 23.4 Å². The lowest BCUT2D eigenvalue weighted by Gasteiger charge is -2.40. The normalized spacial score (nSPS) is 15.8. The summed E-state index contributed by atoms with van der Waals surface area (Å²) in [5.41, 5.74) is 4.79. The lowest BCUT2D eigenvalue weighted by molar-refractivity contribution is -0.137. The van der Waals surface area contributed by atoms with Crippen molar-refractivity contribution in [3.05, 3.63) is 159 Å². The first-order valence-electron chi connectivity index (χ1n) is 19.1. The van der Waals surface area contributed by atoms with Crippen molar-refractivity contribution < 1.29 is 26.7 Å². The number of aromatic nitrogens is 1. The molecule has 7 rings (SSSR count). The molecule has 0 saturated carbocycles. The van der Waals surface area contributed by atoms with E-state index in [1.54, 1.807) is 17.4 Å². The number of piperidine rings is 1. The monoisotopic (exact) mass is 814 g/mol. The van der Waals surface area contributed by atoms with Crippen LogP contribution in [0.3, 0.4) is 0 Å². The Morgan fingerprint density at radius 1 is 0.947 bits per heavy atom. The molecule has 0 unspecified atom stereocenters. The number of thiazole rings is 1. The number of para-hydroxylation sites is 1. The van der Waals surface area contributed by atoms with Gasteiger partial charge in [0.15, 0.2) is 11.6 Å². The van der Waals surface area contributed by atoms with E-state index in [0.29, 0.717) is 12.1 Å². The molecule has 296 valence electrons. The van der Waals surface area contributed by atoms with Crippen LogP contribution in [-0.2, 0) is 29.8 Å². The van der Waals surface area contributed by atoms with Crippen LogP contribution in [0, 0.1) is 11.6 Å². The Bertz CT molecular complexity index is 2200. The van der Waals surface area contributed by atoms with E-state index >= 15 is 0 Å². The molecule has 0 bridgehead atoms. The SMILES string of the molecule is CCC/C=C1\C=C(SCc2cccc(F)c2F)N(CC(=O)N(Cc2ccc(-c3ccc(C(F)(F)F)cc3)cc2)C2CCN(Cc3nccs3)CC2)c2ccccc21. The minimum absolute atomic E-state index is 0.0332. The number of halogens is 5. The average molecular weight is 815 g/mol. The van der Waals surface area contributed by atoms with Crippen molar-refractivity contribution in [3.8, 4) is 11.1 Å². The summed E-state index contributed by atoms with van der Waals surface area (Å²) in [5.74, 6) is -1.66. The van der Waals surface area contributed by atoms with Gasteiger partial charge in [-0.2, -0.15) is 13.2 Å². The number of allylic oxidation sites excluding steroid dienone is 3. The van der Waals surface area contributed by atoms with E-state index in [4.69, 9.17) is 0 Å². The second kappa shape index (κ2) is 18.2. The maximum Gasteiger partial charge on any atom is 0.416 e. The van der Waals surface area contributed by atoms with Gasteiger partial charge in [-0.15, -0.1) is 23.1 Å². The smallest absolute Gasteiger partial charge is 0.334 e. The predicted molar refractivity (Wildman–Crippen MR) is 220 cm³/mol. The van der Waals surface area contributed by atoms with Crippen molar-refractivity contribution in [2.45, 2.75) is 63.7 Å². The molecule has 1 aromatic heterocycles. The van der Waals surface area contributed by atoms with Crippen molar-refractivity contribution in [2.24, 2.45) is 0 Å². The van der Waals surface area contributed by atoms with E-state index in [-0.39, 0.29) is 29.8 Å². The summed E-state index contributed by atoms with van der Waals surface area (Å²) in [5, 5.41) is 3.80. The quantitative estimate of drug-likeness (QED) is 0.111. The molecule has 0 N–H and O–H groups in total. The van der Waals surface area contributed by atoms with E-state index in [0.717, 1.165) is 102 Å². The zero-order chi connectivity index (χ0) is 39.9. The number of likely N-dealkylation sites (tertiary alicyclic amines) is 1. The highest BCUT2D eigenvalue weighted by Crippen LogP contribution is 2.42. The maximum absolute atomic E-state index is 14.8. The third-order valence-corrected chi connectivity index (χ3v) is 12.3. The van der Waals surface area contributed by atoms with Crippen molar-refractivity contribution in [3.63, 3.8) is 0 Å². The number of rotatable bonds is 13. The standard InChI is InChI=1S/C45H43F5N4OS2/c1-2-3-7-34-26-43(57-30-35-8-6-10-39(46)44(35)47)54(40-11-5-4-9-38(34)40)29-42(55)53(37-20-23-52(24-21-37)28-41-51-22-25-56-41)27-31-12-14-32(15-13-31)33-16-18-36(19-17-33)45(48,49)50/h4-19,22,25-26,37H,2-3,20-21,23-24,27-30H2,1H3/b34-7+. The minimum Gasteiger partial charge on any atom is -0.334 e. The molecule has 57 heavy (non-hydrogen) atoms. The highest BCUT2D eigenvalue weighted by atomic mass is 32.2. The summed E-state index contributed by atoms with van der Waals surface area (Å²) in [6.07, 6.45) is 5.01. The molecule has 3 heterocycles. The molecular weight excluding hydrogens is 772 g/mol. The van der Waals surface area contributed by atoms with Crippen molar-refractivity contribution in [1.29, 1.82) is 0 Å². The zero-order valence-corrected chi connectivity index (χ0v) is 33.2. The van der Waals surface area contributed by atoms with Gasteiger partial charge in [0, 0.05) is 59.8 Å². The molecule has 1 saturated heterocycles. The molecule has 2 aliphatic heterocycles. The molecule has 4 aromatic carbocycles. The van der Waals surface area contributed by atoms with Gasteiger partial charge in [-0.05, 0) is 71.9 Å². The second-order valence-corrected chi connectivity index (χ2v) is 16.2. The van der Waals surface area contributed by atoms with E-state index in [9.17, 15) is 26.7 Å². The zero-order valence-electron chi connectivity index (χ0n) is 31.5. The lowest BCUT2D eigenvalue weighted by atomic mass is 9.98.